The molecule has 0 spiro atoms. The summed E-state index contributed by atoms with van der Waals surface area (Å²) < 4.78 is 5.12. The molecule has 0 amide bonds. The van der Waals surface area contributed by atoms with Crippen LogP contribution in [-0.4, -0.2) is 24.4 Å². The van der Waals surface area contributed by atoms with E-state index in [1.165, 1.54) is 0 Å². The molecule has 76 valence electrons. The van der Waals surface area contributed by atoms with Gasteiger partial charge in [0.05, 0.1) is 18.4 Å². The van der Waals surface area contributed by atoms with E-state index in [0.29, 0.717) is 17.1 Å². The molecule has 0 atom stereocenters. The summed E-state index contributed by atoms with van der Waals surface area (Å²) >= 11 is 1.63. The van der Waals surface area contributed by atoms with Crippen LogP contribution in [0.4, 0.5) is 0 Å². The topological polar surface area (TPSA) is 26.3 Å². The lowest BCUT2D eigenvalue weighted by Gasteiger charge is -2.06. The molecule has 2 nitrogen and oxygen atoms in total. The molecule has 0 bridgehead atoms. The minimum Gasteiger partial charge on any atom is -0.496 e. The van der Waals surface area contributed by atoms with Gasteiger partial charge in [-0.3, -0.25) is 4.79 Å². The number of carbonyl (C=O) groups excluding carboxylic acids is 1. The monoisotopic (exact) mass is 210 g/mol. The molecule has 0 fully saturated rings. The van der Waals surface area contributed by atoms with Gasteiger partial charge in [-0.05, 0) is 17.9 Å². The first-order valence-corrected chi connectivity index (χ1v) is 5.69. The molecule has 0 N–H and O–H groups in total. The lowest BCUT2D eigenvalue weighted by atomic mass is 10.1. The van der Waals surface area contributed by atoms with Crippen molar-refractivity contribution in [2.75, 3.05) is 18.6 Å². The van der Waals surface area contributed by atoms with E-state index in [0.717, 1.165) is 5.75 Å². The molecule has 0 radical (unpaired) electrons. The van der Waals surface area contributed by atoms with Crippen molar-refractivity contribution in [1.29, 1.82) is 0 Å². The predicted octanol–water partition coefficient (Wildman–Crippen LogP) is 2.63. The van der Waals surface area contributed by atoms with Gasteiger partial charge in [0.25, 0.3) is 0 Å². The van der Waals surface area contributed by atoms with Crippen LogP contribution in [0.5, 0.6) is 5.75 Å². The lowest BCUT2D eigenvalue weighted by Crippen LogP contribution is -2.04. The minimum absolute atomic E-state index is 0.134. The largest absolute Gasteiger partial charge is 0.496 e. The van der Waals surface area contributed by atoms with Crippen molar-refractivity contribution in [2.24, 2.45) is 0 Å². The molecule has 0 unspecified atom stereocenters. The Bertz CT molecular complexity index is 310. The second-order valence-electron chi connectivity index (χ2n) is 2.76. The average molecular weight is 210 g/mol. The van der Waals surface area contributed by atoms with Crippen molar-refractivity contribution < 1.29 is 9.53 Å². The van der Waals surface area contributed by atoms with Gasteiger partial charge >= 0.3 is 0 Å². The van der Waals surface area contributed by atoms with Gasteiger partial charge in [0.15, 0.2) is 5.78 Å². The number of hydrogen-bond acceptors (Lipinski definition) is 3. The van der Waals surface area contributed by atoms with Crippen molar-refractivity contribution in [3.8, 4) is 5.75 Å². The molecular formula is C11H14O2S. The Labute approximate surface area is 88.7 Å². The molecule has 0 heterocycles. The van der Waals surface area contributed by atoms with Gasteiger partial charge in [-0.2, -0.15) is 11.8 Å². The van der Waals surface area contributed by atoms with Crippen molar-refractivity contribution in [2.45, 2.75) is 6.92 Å². The summed E-state index contributed by atoms with van der Waals surface area (Å²) in [4.78, 5) is 11.7. The van der Waals surface area contributed by atoms with Crippen LogP contribution in [-0.2, 0) is 0 Å². The van der Waals surface area contributed by atoms with Gasteiger partial charge in [-0.1, -0.05) is 19.1 Å². The Balaban J connectivity index is 2.78. The predicted molar refractivity (Wildman–Crippen MR) is 60.3 cm³/mol. The second-order valence-corrected chi connectivity index (χ2v) is 4.03. The number of thioether (sulfide) groups is 1. The maximum Gasteiger partial charge on any atom is 0.176 e. The fourth-order valence-corrected chi connectivity index (χ4v) is 1.69. The van der Waals surface area contributed by atoms with Crippen LogP contribution >= 0.6 is 11.8 Å². The van der Waals surface area contributed by atoms with Gasteiger partial charge in [0.1, 0.15) is 5.75 Å². The van der Waals surface area contributed by atoms with E-state index >= 15 is 0 Å². The van der Waals surface area contributed by atoms with Crippen LogP contribution < -0.4 is 4.74 Å². The highest BCUT2D eigenvalue weighted by Gasteiger charge is 2.10. The number of carbonyl (C=O) groups is 1. The zero-order valence-electron chi connectivity index (χ0n) is 8.45. The number of hydrogen-bond donors (Lipinski definition) is 0. The Hall–Kier alpha value is -0.960. The van der Waals surface area contributed by atoms with Crippen LogP contribution in [0.2, 0.25) is 0 Å². The first kappa shape index (κ1) is 11.1. The van der Waals surface area contributed by atoms with E-state index in [4.69, 9.17) is 4.74 Å². The first-order valence-electron chi connectivity index (χ1n) is 4.53. The zero-order chi connectivity index (χ0) is 10.4. The third kappa shape index (κ3) is 2.77. The summed E-state index contributed by atoms with van der Waals surface area (Å²) in [6, 6.07) is 7.33. The Kier molecular flexibility index (Phi) is 4.53. The zero-order valence-corrected chi connectivity index (χ0v) is 9.26. The van der Waals surface area contributed by atoms with E-state index < -0.39 is 0 Å². The van der Waals surface area contributed by atoms with Crippen molar-refractivity contribution >= 4 is 17.5 Å². The first-order chi connectivity index (χ1) is 6.79. The van der Waals surface area contributed by atoms with Crippen LogP contribution in [0.25, 0.3) is 0 Å². The quantitative estimate of drug-likeness (QED) is 0.699. The van der Waals surface area contributed by atoms with Crippen LogP contribution in [0.1, 0.15) is 17.3 Å². The smallest absolute Gasteiger partial charge is 0.176 e. The summed E-state index contributed by atoms with van der Waals surface area (Å²) in [5.74, 6) is 2.28. The number of benzene rings is 1. The second kappa shape index (κ2) is 5.70. The number of Topliss-reactive ketones (excluding diaryl/α,β-unsaturated/α-hetero) is 1. The fourth-order valence-electron chi connectivity index (χ4n) is 1.15. The molecule has 3 heteroatoms. The molecule has 1 rings (SSSR count). The molecule has 0 saturated heterocycles. The third-order valence-electron chi connectivity index (χ3n) is 1.84. The Morgan fingerprint density at radius 1 is 1.43 bits per heavy atom. The highest BCUT2D eigenvalue weighted by molar-refractivity contribution is 7.99. The Morgan fingerprint density at radius 2 is 2.14 bits per heavy atom. The normalized spacial score (nSPS) is 9.86. The SMILES string of the molecule is CCSCC(=O)c1ccccc1OC. The number of para-hydroxylation sites is 1. The fraction of sp³-hybridized carbons (Fsp3) is 0.364. The summed E-state index contributed by atoms with van der Waals surface area (Å²) in [7, 11) is 1.58. The number of ether oxygens (including phenoxy) is 1. The molecular weight excluding hydrogens is 196 g/mol. The van der Waals surface area contributed by atoms with E-state index in [1.807, 2.05) is 25.1 Å². The molecule has 0 aliphatic heterocycles. The molecule has 0 aliphatic rings. The van der Waals surface area contributed by atoms with Crippen LogP contribution in [0.3, 0.4) is 0 Å². The minimum atomic E-state index is 0.134. The standard InChI is InChI=1S/C11H14O2S/c1-3-14-8-10(12)9-6-4-5-7-11(9)13-2/h4-7H,3,8H2,1-2H3. The third-order valence-corrected chi connectivity index (χ3v) is 2.72. The highest BCUT2D eigenvalue weighted by Crippen LogP contribution is 2.19. The lowest BCUT2D eigenvalue weighted by molar-refractivity contribution is 0.101. The average Bonchev–Trinajstić information content (AvgIpc) is 2.25. The Morgan fingerprint density at radius 3 is 2.79 bits per heavy atom. The number of methoxy groups -OCH3 is 1. The molecule has 0 saturated carbocycles. The van der Waals surface area contributed by atoms with E-state index in [2.05, 4.69) is 0 Å². The van der Waals surface area contributed by atoms with Crippen molar-refractivity contribution in [3.05, 3.63) is 29.8 Å². The van der Waals surface area contributed by atoms with E-state index in [9.17, 15) is 4.79 Å². The van der Waals surface area contributed by atoms with E-state index in [-0.39, 0.29) is 5.78 Å². The number of ketones is 1. The van der Waals surface area contributed by atoms with Gasteiger partial charge in [-0.25, -0.2) is 0 Å². The van der Waals surface area contributed by atoms with Gasteiger partial charge < -0.3 is 4.74 Å². The van der Waals surface area contributed by atoms with Gasteiger partial charge in [0.2, 0.25) is 0 Å². The summed E-state index contributed by atoms with van der Waals surface area (Å²) in [5.41, 5.74) is 0.677. The van der Waals surface area contributed by atoms with Gasteiger partial charge in [-0.15, -0.1) is 0 Å². The van der Waals surface area contributed by atoms with Crippen molar-refractivity contribution in [3.63, 3.8) is 0 Å². The molecule has 1 aromatic carbocycles. The summed E-state index contributed by atoms with van der Waals surface area (Å²) in [5, 5.41) is 0. The van der Waals surface area contributed by atoms with Gasteiger partial charge in [0, 0.05) is 0 Å². The van der Waals surface area contributed by atoms with E-state index in [1.54, 1.807) is 24.9 Å². The maximum atomic E-state index is 11.7. The number of rotatable bonds is 5. The molecule has 1 aromatic rings. The summed E-state index contributed by atoms with van der Waals surface area (Å²) in [6.07, 6.45) is 0. The molecule has 0 aromatic heterocycles. The van der Waals surface area contributed by atoms with Crippen LogP contribution in [0, 0.1) is 0 Å². The van der Waals surface area contributed by atoms with Crippen molar-refractivity contribution in [1.82, 2.24) is 0 Å². The molecule has 0 aliphatic carbocycles. The van der Waals surface area contributed by atoms with Crippen LogP contribution in [0.15, 0.2) is 24.3 Å². The highest BCUT2D eigenvalue weighted by atomic mass is 32.2. The summed E-state index contributed by atoms with van der Waals surface area (Å²) in [6.45, 7) is 2.04. The maximum absolute atomic E-state index is 11.7. The molecule has 14 heavy (non-hydrogen) atoms.